The van der Waals surface area contributed by atoms with Crippen molar-refractivity contribution in [3.8, 4) is 5.95 Å². The summed E-state index contributed by atoms with van der Waals surface area (Å²) in [4.78, 5) is 37.1. The van der Waals surface area contributed by atoms with Gasteiger partial charge in [-0.1, -0.05) is 12.1 Å². The molecule has 4 rings (SSSR count). The quantitative estimate of drug-likeness (QED) is 0.576. The van der Waals surface area contributed by atoms with Crippen LogP contribution in [-0.2, 0) is 11.3 Å². The number of nitrogens with zero attached hydrogens (tertiary/aromatic N) is 6. The number of fused-ring (bicyclic) bond motifs is 1. The van der Waals surface area contributed by atoms with Crippen molar-refractivity contribution in [2.24, 2.45) is 0 Å². The summed E-state index contributed by atoms with van der Waals surface area (Å²) in [5.74, 6) is 0.164. The number of anilines is 1. The van der Waals surface area contributed by atoms with Gasteiger partial charge in [-0.2, -0.15) is 5.10 Å². The number of hydrogen-bond donors (Lipinski definition) is 1. The maximum atomic E-state index is 12.4. The number of carbonyl (C=O) groups excluding carboxylic acids is 1. The second-order valence-corrected chi connectivity index (χ2v) is 5.78. The van der Waals surface area contributed by atoms with Crippen LogP contribution in [0.25, 0.3) is 16.9 Å². The molecule has 134 valence electrons. The fourth-order valence-electron chi connectivity index (χ4n) is 2.60. The molecule has 9 heteroatoms. The van der Waals surface area contributed by atoms with Crippen molar-refractivity contribution in [3.05, 3.63) is 71.8 Å². The first-order valence-electron chi connectivity index (χ1n) is 8.27. The second-order valence-electron chi connectivity index (χ2n) is 5.78. The highest BCUT2D eigenvalue weighted by molar-refractivity contribution is 5.90. The maximum absolute atomic E-state index is 12.4. The lowest BCUT2D eigenvalue weighted by Crippen LogP contribution is -2.23. The van der Waals surface area contributed by atoms with Gasteiger partial charge in [0.25, 0.3) is 11.5 Å². The maximum Gasteiger partial charge on any atom is 0.261 e. The summed E-state index contributed by atoms with van der Waals surface area (Å²) in [7, 11) is 0. The fraction of sp³-hybridized carbons (Fsp3) is 0.111. The monoisotopic (exact) mass is 361 g/mol. The van der Waals surface area contributed by atoms with E-state index in [1.165, 1.54) is 28.0 Å². The number of nitrogens with one attached hydrogen (secondary N) is 1. The number of hydrogen-bond acceptors (Lipinski definition) is 6. The van der Waals surface area contributed by atoms with Gasteiger partial charge in [-0.25, -0.2) is 19.6 Å². The second kappa shape index (κ2) is 7.16. The van der Waals surface area contributed by atoms with Gasteiger partial charge in [-0.05, 0) is 18.2 Å². The number of amides is 1. The summed E-state index contributed by atoms with van der Waals surface area (Å²) >= 11 is 0. The van der Waals surface area contributed by atoms with E-state index in [0.29, 0.717) is 22.5 Å². The number of rotatable bonds is 5. The van der Waals surface area contributed by atoms with Crippen LogP contribution in [0.2, 0.25) is 0 Å². The zero-order chi connectivity index (χ0) is 18.6. The molecule has 1 amide bonds. The molecule has 0 aliphatic heterocycles. The zero-order valence-corrected chi connectivity index (χ0v) is 14.2. The van der Waals surface area contributed by atoms with Gasteiger partial charge in [0.05, 0.1) is 35.3 Å². The number of benzene rings is 1. The molecule has 3 aromatic heterocycles. The summed E-state index contributed by atoms with van der Waals surface area (Å²) in [6.07, 6.45) is 7.95. The molecule has 0 fully saturated rings. The molecule has 9 nitrogen and oxygen atoms in total. The van der Waals surface area contributed by atoms with Gasteiger partial charge < -0.3 is 5.32 Å². The summed E-state index contributed by atoms with van der Waals surface area (Å²) in [5, 5.41) is 7.28. The Labute approximate surface area is 153 Å². The molecule has 0 aliphatic rings. The molecule has 0 saturated carbocycles. The van der Waals surface area contributed by atoms with Gasteiger partial charge in [-0.3, -0.25) is 14.2 Å². The third kappa shape index (κ3) is 3.56. The number of para-hydroxylation sites is 1. The van der Waals surface area contributed by atoms with E-state index in [1.807, 2.05) is 6.07 Å². The Bertz CT molecular complexity index is 1130. The van der Waals surface area contributed by atoms with Crippen molar-refractivity contribution in [2.45, 2.75) is 13.0 Å². The Kier molecular flexibility index (Phi) is 4.40. The van der Waals surface area contributed by atoms with Crippen molar-refractivity contribution < 1.29 is 4.79 Å². The molecule has 0 spiro atoms. The molecule has 0 atom stereocenters. The number of aromatic nitrogens is 6. The molecule has 3 heterocycles. The predicted molar refractivity (Wildman–Crippen MR) is 98.4 cm³/mol. The van der Waals surface area contributed by atoms with Crippen LogP contribution in [0.5, 0.6) is 0 Å². The van der Waals surface area contributed by atoms with Crippen LogP contribution in [0.4, 0.5) is 5.69 Å². The van der Waals surface area contributed by atoms with Crippen molar-refractivity contribution >= 4 is 22.5 Å². The predicted octanol–water partition coefficient (Wildman–Crippen LogP) is 1.40. The SMILES string of the molecule is O=C(CCn1cnc2ccccc2c1=O)Nc1cnc(-n2cccn2)nc1. The smallest absolute Gasteiger partial charge is 0.261 e. The molecule has 0 saturated heterocycles. The lowest BCUT2D eigenvalue weighted by Gasteiger charge is -2.08. The number of aryl methyl sites for hydroxylation is 1. The van der Waals surface area contributed by atoms with Crippen molar-refractivity contribution in [2.75, 3.05) is 5.32 Å². The van der Waals surface area contributed by atoms with Gasteiger partial charge in [0.2, 0.25) is 5.91 Å². The Hall–Kier alpha value is -3.88. The van der Waals surface area contributed by atoms with Crippen LogP contribution in [0.15, 0.2) is 66.2 Å². The van der Waals surface area contributed by atoms with Gasteiger partial charge >= 0.3 is 0 Å². The standard InChI is InChI=1S/C18H15N7O2/c26-16(23-13-10-19-18(20-11-13)25-8-3-7-22-25)6-9-24-12-21-15-5-2-1-4-14(15)17(24)27/h1-5,7-8,10-12H,6,9H2,(H,23,26). The Morgan fingerprint density at radius 1 is 1.07 bits per heavy atom. The molecule has 0 bridgehead atoms. The normalized spacial score (nSPS) is 10.8. The van der Waals surface area contributed by atoms with E-state index in [1.54, 1.807) is 36.7 Å². The van der Waals surface area contributed by atoms with Gasteiger partial charge in [-0.15, -0.1) is 0 Å². The Morgan fingerprint density at radius 2 is 1.89 bits per heavy atom. The van der Waals surface area contributed by atoms with Crippen molar-refractivity contribution in [3.63, 3.8) is 0 Å². The first kappa shape index (κ1) is 16.6. The van der Waals surface area contributed by atoms with Crippen LogP contribution in [-0.4, -0.2) is 35.2 Å². The lowest BCUT2D eigenvalue weighted by atomic mass is 10.2. The first-order chi connectivity index (χ1) is 13.2. The molecular weight excluding hydrogens is 346 g/mol. The van der Waals surface area contributed by atoms with E-state index < -0.39 is 0 Å². The van der Waals surface area contributed by atoms with Gasteiger partial charge in [0.15, 0.2) is 0 Å². The first-order valence-corrected chi connectivity index (χ1v) is 8.27. The molecule has 4 aromatic rings. The average molecular weight is 361 g/mol. The molecule has 1 aromatic carbocycles. The summed E-state index contributed by atoms with van der Waals surface area (Å²) in [6, 6.07) is 8.88. The van der Waals surface area contributed by atoms with Crippen LogP contribution in [0.1, 0.15) is 6.42 Å². The highest BCUT2D eigenvalue weighted by atomic mass is 16.2. The van der Waals surface area contributed by atoms with Crippen LogP contribution in [0.3, 0.4) is 0 Å². The van der Waals surface area contributed by atoms with E-state index in [4.69, 9.17) is 0 Å². The van der Waals surface area contributed by atoms with Crippen molar-refractivity contribution in [1.82, 2.24) is 29.3 Å². The Balaban J connectivity index is 1.40. The summed E-state index contributed by atoms with van der Waals surface area (Å²) < 4.78 is 2.95. The molecule has 0 radical (unpaired) electrons. The van der Waals surface area contributed by atoms with E-state index >= 15 is 0 Å². The lowest BCUT2D eigenvalue weighted by molar-refractivity contribution is -0.116. The fourth-order valence-corrected chi connectivity index (χ4v) is 2.60. The van der Waals surface area contributed by atoms with Crippen LogP contribution in [0, 0.1) is 0 Å². The number of carbonyl (C=O) groups is 1. The minimum absolute atomic E-state index is 0.126. The molecular formula is C18H15N7O2. The third-order valence-electron chi connectivity index (χ3n) is 3.94. The zero-order valence-electron chi connectivity index (χ0n) is 14.2. The van der Waals surface area contributed by atoms with Crippen LogP contribution < -0.4 is 10.9 Å². The van der Waals surface area contributed by atoms with E-state index in [-0.39, 0.29) is 24.4 Å². The molecule has 0 unspecified atom stereocenters. The summed E-state index contributed by atoms with van der Waals surface area (Å²) in [6.45, 7) is 0.231. The average Bonchev–Trinajstić information content (AvgIpc) is 3.23. The van der Waals surface area contributed by atoms with E-state index in [9.17, 15) is 9.59 Å². The highest BCUT2D eigenvalue weighted by Gasteiger charge is 2.08. The minimum atomic E-state index is -0.245. The van der Waals surface area contributed by atoms with Crippen LogP contribution >= 0.6 is 0 Å². The molecule has 0 aliphatic carbocycles. The third-order valence-corrected chi connectivity index (χ3v) is 3.94. The minimum Gasteiger partial charge on any atom is -0.323 e. The topological polar surface area (TPSA) is 108 Å². The van der Waals surface area contributed by atoms with E-state index in [0.717, 1.165) is 0 Å². The summed E-state index contributed by atoms with van der Waals surface area (Å²) in [5.41, 5.74) is 0.942. The highest BCUT2D eigenvalue weighted by Crippen LogP contribution is 2.07. The van der Waals surface area contributed by atoms with E-state index in [2.05, 4.69) is 25.4 Å². The Morgan fingerprint density at radius 3 is 2.67 bits per heavy atom. The molecule has 27 heavy (non-hydrogen) atoms. The van der Waals surface area contributed by atoms with Gasteiger partial charge in [0.1, 0.15) is 0 Å². The van der Waals surface area contributed by atoms with Crippen molar-refractivity contribution in [1.29, 1.82) is 0 Å². The largest absolute Gasteiger partial charge is 0.323 e. The molecule has 1 N–H and O–H groups in total. The van der Waals surface area contributed by atoms with Gasteiger partial charge in [0, 0.05) is 25.4 Å².